The van der Waals surface area contributed by atoms with Gasteiger partial charge in [0.15, 0.2) is 0 Å². The summed E-state index contributed by atoms with van der Waals surface area (Å²) in [5.74, 6) is -0.140. The molecule has 0 saturated heterocycles. The Kier molecular flexibility index (Phi) is 5.18. The van der Waals surface area contributed by atoms with Gasteiger partial charge in [0.05, 0.1) is 15.4 Å². The number of rotatable bonds is 5. The van der Waals surface area contributed by atoms with Gasteiger partial charge in [-0.1, -0.05) is 42.6 Å². The Morgan fingerprint density at radius 3 is 2.52 bits per heavy atom. The average Bonchev–Trinajstić information content (AvgIpc) is 2.54. The van der Waals surface area contributed by atoms with Crippen LogP contribution in [0.4, 0.5) is 5.69 Å². The van der Waals surface area contributed by atoms with E-state index in [-0.39, 0.29) is 11.6 Å². The summed E-state index contributed by atoms with van der Waals surface area (Å²) in [6.07, 6.45) is 1.56. The van der Waals surface area contributed by atoms with E-state index in [0.717, 1.165) is 0 Å². The fourth-order valence-electron chi connectivity index (χ4n) is 1.98. The molecule has 23 heavy (non-hydrogen) atoms. The van der Waals surface area contributed by atoms with Crippen molar-refractivity contribution in [2.24, 2.45) is 0 Å². The first-order valence-corrected chi connectivity index (χ1v) is 7.65. The lowest BCUT2D eigenvalue weighted by molar-refractivity contribution is -0.387. The van der Waals surface area contributed by atoms with Crippen LogP contribution in [-0.2, 0) is 0 Å². The van der Waals surface area contributed by atoms with Crippen LogP contribution in [0.15, 0.2) is 58.8 Å². The van der Waals surface area contributed by atoms with Gasteiger partial charge in [-0.25, -0.2) is 0 Å². The average molecular weight is 328 g/mol. The van der Waals surface area contributed by atoms with Crippen molar-refractivity contribution in [3.63, 3.8) is 0 Å². The molecule has 5 nitrogen and oxygen atoms in total. The summed E-state index contributed by atoms with van der Waals surface area (Å²) in [4.78, 5) is 25.8. The Bertz CT molecular complexity index is 772. The van der Waals surface area contributed by atoms with Gasteiger partial charge in [0.2, 0.25) is 0 Å². The highest BCUT2D eigenvalue weighted by Gasteiger charge is 2.19. The Balaban J connectivity index is 2.46. The summed E-state index contributed by atoms with van der Waals surface area (Å²) in [5.41, 5.74) is 1.20. The number of carbonyl (C=O) groups excluding carboxylic acids is 1. The van der Waals surface area contributed by atoms with E-state index in [4.69, 9.17) is 0 Å². The summed E-state index contributed by atoms with van der Waals surface area (Å²) in [5, 5.41) is 11.3. The van der Waals surface area contributed by atoms with Crippen LogP contribution in [-0.4, -0.2) is 29.8 Å². The summed E-state index contributed by atoms with van der Waals surface area (Å²) in [7, 11) is 3.34. The Morgan fingerprint density at radius 1 is 1.22 bits per heavy atom. The molecule has 0 aliphatic heterocycles. The van der Waals surface area contributed by atoms with Gasteiger partial charge in [-0.3, -0.25) is 14.9 Å². The van der Waals surface area contributed by atoms with E-state index in [1.54, 1.807) is 56.6 Å². The summed E-state index contributed by atoms with van der Waals surface area (Å²) >= 11 is 1.21. The lowest BCUT2D eigenvalue weighted by atomic mass is 10.2. The lowest BCUT2D eigenvalue weighted by Gasteiger charge is -2.13. The number of hydrogen-bond donors (Lipinski definition) is 0. The Morgan fingerprint density at radius 2 is 1.91 bits per heavy atom. The minimum atomic E-state index is -0.425. The fourth-order valence-corrected chi connectivity index (χ4v) is 3.00. The van der Waals surface area contributed by atoms with Crippen molar-refractivity contribution in [2.45, 2.75) is 9.79 Å². The van der Waals surface area contributed by atoms with E-state index in [2.05, 4.69) is 6.58 Å². The van der Waals surface area contributed by atoms with Crippen LogP contribution in [0.3, 0.4) is 0 Å². The number of benzene rings is 2. The Hall–Kier alpha value is -2.60. The maximum atomic E-state index is 12.2. The number of carbonyl (C=O) groups is 1. The maximum absolute atomic E-state index is 12.2. The van der Waals surface area contributed by atoms with Crippen molar-refractivity contribution < 1.29 is 9.72 Å². The summed E-state index contributed by atoms with van der Waals surface area (Å²) < 4.78 is 0. The molecular weight excluding hydrogens is 312 g/mol. The third-order valence-electron chi connectivity index (χ3n) is 3.16. The minimum absolute atomic E-state index is 0.000458. The first-order chi connectivity index (χ1) is 10.9. The monoisotopic (exact) mass is 328 g/mol. The fraction of sp³-hybridized carbons (Fsp3) is 0.118. The molecule has 6 heteroatoms. The Labute approximate surface area is 138 Å². The normalized spacial score (nSPS) is 10.2. The highest BCUT2D eigenvalue weighted by molar-refractivity contribution is 7.99. The minimum Gasteiger partial charge on any atom is -0.345 e. The molecule has 2 aromatic rings. The second kappa shape index (κ2) is 7.11. The second-order valence-corrected chi connectivity index (χ2v) is 6.07. The van der Waals surface area contributed by atoms with E-state index < -0.39 is 4.92 Å². The third kappa shape index (κ3) is 3.78. The number of nitro benzene ring substituents is 1. The molecule has 0 aromatic heterocycles. The highest BCUT2D eigenvalue weighted by atomic mass is 32.2. The molecule has 2 rings (SSSR count). The van der Waals surface area contributed by atoms with Gasteiger partial charge in [0.25, 0.3) is 11.6 Å². The van der Waals surface area contributed by atoms with Crippen LogP contribution in [0.5, 0.6) is 0 Å². The molecule has 2 aromatic carbocycles. The number of hydrogen-bond acceptors (Lipinski definition) is 4. The van der Waals surface area contributed by atoms with Crippen molar-refractivity contribution in [1.82, 2.24) is 4.90 Å². The van der Waals surface area contributed by atoms with Crippen LogP contribution in [0, 0.1) is 10.1 Å². The molecule has 0 atom stereocenters. The zero-order chi connectivity index (χ0) is 17.0. The van der Waals surface area contributed by atoms with Crippen LogP contribution in [0.2, 0.25) is 0 Å². The zero-order valence-corrected chi connectivity index (χ0v) is 13.7. The SMILES string of the molecule is C=Cc1ccc(Sc2ccccc2C(=O)N(C)C)c([N+](=O)[O-])c1. The zero-order valence-electron chi connectivity index (χ0n) is 12.9. The molecule has 0 bridgehead atoms. The molecule has 0 aliphatic rings. The molecule has 118 valence electrons. The van der Waals surface area contributed by atoms with Gasteiger partial charge in [-0.15, -0.1) is 0 Å². The number of nitro groups is 1. The molecule has 0 spiro atoms. The quantitative estimate of drug-likeness (QED) is 0.612. The molecule has 0 aliphatic carbocycles. The predicted octanol–water partition coefficient (Wildman–Crippen LogP) is 4.09. The van der Waals surface area contributed by atoms with Gasteiger partial charge < -0.3 is 4.90 Å². The molecule has 0 fully saturated rings. The molecule has 0 N–H and O–H groups in total. The van der Waals surface area contributed by atoms with Crippen molar-refractivity contribution in [3.05, 3.63) is 70.3 Å². The van der Waals surface area contributed by atoms with Crippen molar-refractivity contribution >= 4 is 29.4 Å². The first-order valence-electron chi connectivity index (χ1n) is 6.83. The lowest BCUT2D eigenvalue weighted by Crippen LogP contribution is -2.22. The van der Waals surface area contributed by atoms with E-state index in [9.17, 15) is 14.9 Å². The molecular formula is C17H16N2O3S. The molecule has 0 heterocycles. The van der Waals surface area contributed by atoms with E-state index in [1.807, 2.05) is 0 Å². The van der Waals surface area contributed by atoms with Gasteiger partial charge in [0, 0.05) is 25.1 Å². The highest BCUT2D eigenvalue weighted by Crippen LogP contribution is 2.37. The molecule has 0 radical (unpaired) electrons. The summed E-state index contributed by atoms with van der Waals surface area (Å²) in [6, 6.07) is 12.0. The van der Waals surface area contributed by atoms with Crippen LogP contribution in [0.1, 0.15) is 15.9 Å². The smallest absolute Gasteiger partial charge is 0.283 e. The largest absolute Gasteiger partial charge is 0.345 e. The molecule has 0 saturated carbocycles. The van der Waals surface area contributed by atoms with E-state index in [0.29, 0.717) is 20.9 Å². The standard InChI is InChI=1S/C17H16N2O3S/c1-4-12-9-10-16(14(11-12)19(21)22)23-15-8-6-5-7-13(15)17(20)18(2)3/h4-11H,1H2,2-3H3. The van der Waals surface area contributed by atoms with Crippen LogP contribution >= 0.6 is 11.8 Å². The molecule has 1 amide bonds. The van der Waals surface area contributed by atoms with Gasteiger partial charge in [-0.2, -0.15) is 0 Å². The van der Waals surface area contributed by atoms with Gasteiger partial charge >= 0.3 is 0 Å². The second-order valence-electron chi connectivity index (χ2n) is 4.99. The van der Waals surface area contributed by atoms with Crippen molar-refractivity contribution in [1.29, 1.82) is 0 Å². The maximum Gasteiger partial charge on any atom is 0.283 e. The topological polar surface area (TPSA) is 63.5 Å². The number of nitrogens with zero attached hydrogens (tertiary/aromatic N) is 2. The van der Waals surface area contributed by atoms with Crippen molar-refractivity contribution in [2.75, 3.05) is 14.1 Å². The van der Waals surface area contributed by atoms with E-state index >= 15 is 0 Å². The van der Waals surface area contributed by atoms with Gasteiger partial charge in [0.1, 0.15) is 0 Å². The van der Waals surface area contributed by atoms with Crippen LogP contribution in [0.25, 0.3) is 6.08 Å². The molecule has 0 unspecified atom stereocenters. The third-order valence-corrected chi connectivity index (χ3v) is 4.30. The van der Waals surface area contributed by atoms with Crippen molar-refractivity contribution in [3.8, 4) is 0 Å². The van der Waals surface area contributed by atoms with Gasteiger partial charge in [-0.05, 0) is 23.8 Å². The van der Waals surface area contributed by atoms with Crippen LogP contribution < -0.4 is 0 Å². The van der Waals surface area contributed by atoms with E-state index in [1.165, 1.54) is 22.7 Å². The predicted molar refractivity (Wildman–Crippen MR) is 91.8 cm³/mol. The summed E-state index contributed by atoms with van der Waals surface area (Å²) in [6.45, 7) is 3.62. The first kappa shape index (κ1) is 16.8. The number of amides is 1.